The highest BCUT2D eigenvalue weighted by atomic mass is 32.2. The third-order valence-corrected chi connectivity index (χ3v) is 13.8. The molecule has 1 aromatic carbocycles. The van der Waals surface area contributed by atoms with Crippen LogP contribution in [0.3, 0.4) is 0 Å². The number of carbonyl (C=O) groups excluding carboxylic acids is 4. The molecule has 6 rings (SSSR count). The van der Waals surface area contributed by atoms with Crippen molar-refractivity contribution >= 4 is 44.6 Å². The minimum absolute atomic E-state index is 0. The van der Waals surface area contributed by atoms with Crippen molar-refractivity contribution in [3.05, 3.63) is 42.6 Å². The highest BCUT2D eigenvalue weighted by Crippen LogP contribution is 2.47. The number of amides is 4. The fourth-order valence-electron chi connectivity index (χ4n) is 7.71. The van der Waals surface area contributed by atoms with Gasteiger partial charge in [0.2, 0.25) is 27.7 Å². The third-order valence-electron chi connectivity index (χ3n) is 11.6. The molecular weight excluding hydrogens is 784 g/mol. The summed E-state index contributed by atoms with van der Waals surface area (Å²) in [5.41, 5.74) is -1.64. The van der Waals surface area contributed by atoms with E-state index in [9.17, 15) is 40.8 Å². The number of nitrogens with one attached hydrogen (secondary N) is 3. The number of allylic oxidation sites excluding steroid dienone is 1. The Morgan fingerprint density at radius 3 is 2.50 bits per heavy atom. The van der Waals surface area contributed by atoms with E-state index in [1.807, 2.05) is 32.9 Å². The molecule has 8 atom stereocenters. The van der Waals surface area contributed by atoms with E-state index in [2.05, 4.69) is 25.1 Å². The number of carbonyl (C=O) groups is 4. The number of hydrogen-bond acceptors (Lipinski definition) is 10. The van der Waals surface area contributed by atoms with Crippen molar-refractivity contribution in [2.24, 2.45) is 17.8 Å². The molecule has 4 amide bonds. The van der Waals surface area contributed by atoms with E-state index in [-0.39, 0.29) is 41.6 Å². The highest BCUT2D eigenvalue weighted by molar-refractivity contribution is 7.91. The predicted octanol–water partition coefficient (Wildman–Crippen LogP) is 6.04. The van der Waals surface area contributed by atoms with Crippen molar-refractivity contribution in [3.63, 3.8) is 0 Å². The molecule has 4 aliphatic rings. The van der Waals surface area contributed by atoms with E-state index in [0.29, 0.717) is 50.2 Å². The summed E-state index contributed by atoms with van der Waals surface area (Å²) < 4.78 is 84.4. The number of alkyl carbamates (subject to hydrolysis) is 1. The van der Waals surface area contributed by atoms with E-state index < -0.39 is 86.4 Å². The molecule has 3 fully saturated rings. The van der Waals surface area contributed by atoms with Gasteiger partial charge in [-0.05, 0) is 108 Å². The number of halogens is 3. The average Bonchev–Trinajstić information content (AvgIpc) is 4.01. The molecule has 14 nitrogen and oxygen atoms in total. The van der Waals surface area contributed by atoms with Crippen molar-refractivity contribution in [1.82, 2.24) is 25.2 Å². The fraction of sp³-hybridized carbons (Fsp3) is 0.625. The van der Waals surface area contributed by atoms with Crippen LogP contribution in [-0.2, 0) is 29.1 Å². The van der Waals surface area contributed by atoms with Crippen LogP contribution in [0.4, 0.5) is 18.0 Å². The van der Waals surface area contributed by atoms with Crippen LogP contribution in [0.5, 0.6) is 11.6 Å². The SMILES string of the molecule is CC(C)Oc1ccc2c(O[C@@H]3C[C@H]4C(=O)N[C@]5(C(=O)NS(=O)(=O)C6(C)CC6)C[C@H]5/C=C\CC[C@@H](C)C[C@@H](C)[C@H](NC(=O)O[C@H](C)C(F)(F)F)C(=O)N4C3)nccc2c1.[HH].[HH].[HH]. The Kier molecular flexibility index (Phi) is 12.0. The summed E-state index contributed by atoms with van der Waals surface area (Å²) in [6.07, 6.45) is -2.20. The number of fused-ring (bicyclic) bond motifs is 3. The van der Waals surface area contributed by atoms with Gasteiger partial charge in [-0.15, -0.1) is 0 Å². The molecule has 18 heteroatoms. The average molecular weight is 842 g/mol. The molecule has 0 spiro atoms. The largest absolute Gasteiger partial charge is 0.491 e. The normalized spacial score (nSPS) is 29.8. The molecule has 0 bridgehead atoms. The van der Waals surface area contributed by atoms with Crippen molar-refractivity contribution in [2.45, 2.75) is 133 Å². The number of sulfonamides is 1. The monoisotopic (exact) mass is 841 g/mol. The lowest BCUT2D eigenvalue weighted by atomic mass is 9.88. The molecule has 0 unspecified atom stereocenters. The van der Waals surface area contributed by atoms with Crippen LogP contribution < -0.4 is 24.8 Å². The second-order valence-corrected chi connectivity index (χ2v) is 19.0. The van der Waals surface area contributed by atoms with Crippen LogP contribution >= 0.6 is 0 Å². The van der Waals surface area contributed by atoms with Gasteiger partial charge in [0, 0.05) is 28.2 Å². The second-order valence-electron chi connectivity index (χ2n) is 16.8. The summed E-state index contributed by atoms with van der Waals surface area (Å²) >= 11 is 0. The molecule has 3 heterocycles. The number of benzene rings is 1. The highest BCUT2D eigenvalue weighted by Gasteiger charge is 2.63. The van der Waals surface area contributed by atoms with Gasteiger partial charge in [-0.25, -0.2) is 18.2 Å². The number of pyridine rings is 1. The van der Waals surface area contributed by atoms with Crippen LogP contribution in [-0.4, -0.2) is 95.5 Å². The summed E-state index contributed by atoms with van der Waals surface area (Å²) in [7, 11) is -4.07. The van der Waals surface area contributed by atoms with E-state index >= 15 is 0 Å². The molecule has 0 radical (unpaired) electrons. The Bertz CT molecular complexity index is 2080. The van der Waals surface area contributed by atoms with Gasteiger partial charge in [0.05, 0.1) is 17.4 Å². The maximum atomic E-state index is 14.7. The van der Waals surface area contributed by atoms with Gasteiger partial charge in [-0.3, -0.25) is 19.1 Å². The molecular formula is C40H58F3N5O9S. The summed E-state index contributed by atoms with van der Waals surface area (Å²) in [6.45, 7) is 9.44. The van der Waals surface area contributed by atoms with Crippen LogP contribution in [0.2, 0.25) is 0 Å². The lowest BCUT2D eigenvalue weighted by Gasteiger charge is -2.33. The molecule has 3 N–H and O–H groups in total. The molecule has 324 valence electrons. The molecule has 2 aliphatic carbocycles. The van der Waals surface area contributed by atoms with Crippen LogP contribution in [0.15, 0.2) is 42.6 Å². The van der Waals surface area contributed by atoms with Gasteiger partial charge >= 0.3 is 12.3 Å². The molecule has 2 aliphatic heterocycles. The van der Waals surface area contributed by atoms with Crippen molar-refractivity contribution < 1.29 is 59.3 Å². The van der Waals surface area contributed by atoms with Crippen LogP contribution in [0, 0.1) is 17.8 Å². The summed E-state index contributed by atoms with van der Waals surface area (Å²) in [6, 6.07) is 4.41. The quantitative estimate of drug-likeness (QED) is 0.252. The van der Waals surface area contributed by atoms with Crippen molar-refractivity contribution in [2.75, 3.05) is 6.54 Å². The number of nitrogens with zero attached hydrogens (tertiary/aromatic N) is 2. The zero-order valence-corrected chi connectivity index (χ0v) is 34.2. The van der Waals surface area contributed by atoms with Gasteiger partial charge < -0.3 is 29.7 Å². The van der Waals surface area contributed by atoms with Gasteiger partial charge in [0.1, 0.15) is 29.5 Å². The van der Waals surface area contributed by atoms with Crippen molar-refractivity contribution in [3.8, 4) is 11.6 Å². The van der Waals surface area contributed by atoms with Gasteiger partial charge in [-0.2, -0.15) is 13.2 Å². The lowest BCUT2D eigenvalue weighted by molar-refractivity contribution is -0.197. The molecule has 1 aromatic heterocycles. The van der Waals surface area contributed by atoms with E-state index in [1.165, 1.54) is 11.8 Å². The topological polar surface area (TPSA) is 182 Å². The minimum Gasteiger partial charge on any atom is -0.491 e. The van der Waals surface area contributed by atoms with E-state index in [4.69, 9.17) is 9.47 Å². The first kappa shape index (κ1) is 43.0. The molecule has 2 aromatic rings. The predicted molar refractivity (Wildman–Crippen MR) is 212 cm³/mol. The Balaban J connectivity index is 0.00000331. The fourth-order valence-corrected chi connectivity index (χ4v) is 9.02. The Labute approximate surface area is 340 Å². The van der Waals surface area contributed by atoms with Gasteiger partial charge in [0.15, 0.2) is 6.10 Å². The lowest BCUT2D eigenvalue weighted by Crippen LogP contribution is -2.59. The summed E-state index contributed by atoms with van der Waals surface area (Å²) in [5.74, 6) is -2.80. The Morgan fingerprint density at radius 1 is 1.10 bits per heavy atom. The minimum atomic E-state index is -4.85. The first-order chi connectivity index (χ1) is 27.1. The maximum absolute atomic E-state index is 14.7. The van der Waals surface area contributed by atoms with Gasteiger partial charge in [0.25, 0.3) is 5.91 Å². The molecule has 58 heavy (non-hydrogen) atoms. The first-order valence-electron chi connectivity index (χ1n) is 19.7. The van der Waals surface area contributed by atoms with E-state index in [0.717, 1.165) is 5.39 Å². The zero-order valence-electron chi connectivity index (χ0n) is 33.4. The first-order valence-corrected chi connectivity index (χ1v) is 21.2. The Hall–Kier alpha value is -4.61. The standard InChI is InChI=1S/C40H52F3N5O9S.3H2/c1-22(2)55-28-11-12-30-26(18-28)13-16-44-34(30)57-29-19-31-33(49)46-39(36(51)47-58(53,54)38(6)14-15-38)20-27(39)10-8-7-9-23(3)17-24(4)32(35(50)48(31)21-29)45-37(52)56-25(5)40(41,42)43;;;/h8,10-13,16,18,22-25,27,29,31-32H,7,9,14-15,17,19-21H2,1-6H3,(H,45,52)(H,46,49)(H,47,51);3*1H/b10-8-;;;/t23-,24-,25-,27-,29-,31+,32+,39-;;;/m1.../s1. The molecule has 2 saturated carbocycles. The Morgan fingerprint density at radius 2 is 1.83 bits per heavy atom. The molecule has 1 saturated heterocycles. The number of ether oxygens (including phenoxy) is 3. The second kappa shape index (κ2) is 16.2. The number of alkyl halides is 3. The number of hydrogen-bond donors (Lipinski definition) is 3. The third kappa shape index (κ3) is 9.31. The maximum Gasteiger partial charge on any atom is 0.425 e. The number of aromatic nitrogens is 1. The smallest absolute Gasteiger partial charge is 0.425 e. The van der Waals surface area contributed by atoms with Crippen molar-refractivity contribution in [1.29, 1.82) is 0 Å². The number of rotatable bonds is 9. The summed E-state index contributed by atoms with van der Waals surface area (Å²) in [4.78, 5) is 61.6. The zero-order chi connectivity index (χ0) is 42.4. The van der Waals surface area contributed by atoms with Gasteiger partial charge in [-0.1, -0.05) is 26.0 Å². The summed E-state index contributed by atoms with van der Waals surface area (Å²) in [5, 5.41) is 6.53. The van der Waals surface area contributed by atoms with Crippen LogP contribution in [0.1, 0.15) is 90.8 Å². The van der Waals surface area contributed by atoms with E-state index in [1.54, 1.807) is 37.4 Å². The van der Waals surface area contributed by atoms with Crippen LogP contribution in [0.25, 0.3) is 10.8 Å².